The van der Waals surface area contributed by atoms with E-state index in [0.29, 0.717) is 17.9 Å². The molecule has 0 radical (unpaired) electrons. The van der Waals surface area contributed by atoms with Crippen LogP contribution in [0.2, 0.25) is 0 Å². The van der Waals surface area contributed by atoms with E-state index in [1.165, 1.54) is 57.9 Å². The van der Waals surface area contributed by atoms with Crippen LogP contribution in [0.5, 0.6) is 0 Å². The van der Waals surface area contributed by atoms with E-state index in [9.17, 15) is 0 Å². The third kappa shape index (κ3) is 4.50. The molecule has 0 saturated carbocycles. The molecule has 0 aromatic heterocycles. The van der Waals surface area contributed by atoms with E-state index in [-0.39, 0.29) is 0 Å². The predicted octanol–water partition coefficient (Wildman–Crippen LogP) is 6.45. The zero-order chi connectivity index (χ0) is 18.6. The van der Waals surface area contributed by atoms with E-state index in [0.717, 1.165) is 23.7 Å². The predicted molar refractivity (Wildman–Crippen MR) is 117 cm³/mol. The lowest BCUT2D eigenvalue weighted by atomic mass is 9.69. The molecule has 4 aliphatic rings. The molecular weight excluding hydrogens is 326 g/mol. The average molecular weight is 366 g/mol. The van der Waals surface area contributed by atoms with Gasteiger partial charge in [0.25, 0.3) is 0 Å². The minimum absolute atomic E-state index is 0.641. The zero-order valence-corrected chi connectivity index (χ0v) is 17.4. The maximum absolute atomic E-state index is 3.98. The Morgan fingerprint density at radius 3 is 2.52 bits per heavy atom. The van der Waals surface area contributed by atoms with Crippen LogP contribution < -0.4 is 5.32 Å². The fourth-order valence-corrected chi connectivity index (χ4v) is 6.08. The van der Waals surface area contributed by atoms with Gasteiger partial charge in [-0.3, -0.25) is 0 Å². The SMILES string of the molecule is CC(C)C1NCC(C2CC=CCC2)CC1C1=CCC(C2C=CCCC2)C=C1. The van der Waals surface area contributed by atoms with Gasteiger partial charge in [0.2, 0.25) is 0 Å². The monoisotopic (exact) mass is 365 g/mol. The molecule has 0 amide bonds. The number of allylic oxidation sites excluding steroid dienone is 7. The Bertz CT molecular complexity index is 608. The van der Waals surface area contributed by atoms with Crippen LogP contribution in [0.4, 0.5) is 0 Å². The highest BCUT2D eigenvalue weighted by molar-refractivity contribution is 5.29. The summed E-state index contributed by atoms with van der Waals surface area (Å²) in [5.41, 5.74) is 1.63. The van der Waals surface area contributed by atoms with E-state index in [4.69, 9.17) is 0 Å². The van der Waals surface area contributed by atoms with Gasteiger partial charge in [0.05, 0.1) is 0 Å². The molecule has 1 saturated heterocycles. The molecule has 148 valence electrons. The van der Waals surface area contributed by atoms with Gasteiger partial charge in [-0.2, -0.15) is 0 Å². The summed E-state index contributed by atoms with van der Waals surface area (Å²) < 4.78 is 0. The average Bonchev–Trinajstić information content (AvgIpc) is 2.74. The first-order chi connectivity index (χ1) is 13.2. The molecule has 3 aliphatic carbocycles. The first-order valence-electron chi connectivity index (χ1n) is 11.7. The van der Waals surface area contributed by atoms with Crippen molar-refractivity contribution in [2.45, 2.75) is 71.3 Å². The molecule has 27 heavy (non-hydrogen) atoms. The minimum atomic E-state index is 0.641. The standard InChI is InChI=1S/C26H39N/c1-19(2)26-25(17-24(18-27-26)21-11-7-4-8-12-21)23-15-13-22(14-16-23)20-9-5-3-6-10-20/h4-5,7,9,13,15-16,19-22,24-27H,3,6,8,10-12,14,17-18H2,1-2H3. The van der Waals surface area contributed by atoms with Crippen molar-refractivity contribution in [3.63, 3.8) is 0 Å². The van der Waals surface area contributed by atoms with Crippen molar-refractivity contribution in [3.05, 3.63) is 48.1 Å². The quantitative estimate of drug-likeness (QED) is 0.564. The number of hydrogen-bond acceptors (Lipinski definition) is 1. The highest BCUT2D eigenvalue weighted by atomic mass is 14.9. The molecule has 1 heteroatoms. The lowest BCUT2D eigenvalue weighted by Crippen LogP contribution is -2.50. The Kier molecular flexibility index (Phi) is 6.38. The van der Waals surface area contributed by atoms with Crippen LogP contribution in [0.15, 0.2) is 48.1 Å². The van der Waals surface area contributed by atoms with Gasteiger partial charge >= 0.3 is 0 Å². The molecule has 6 unspecified atom stereocenters. The fourth-order valence-electron chi connectivity index (χ4n) is 6.08. The molecule has 1 fully saturated rings. The van der Waals surface area contributed by atoms with Gasteiger partial charge in [-0.05, 0) is 99.0 Å². The largest absolute Gasteiger partial charge is 0.313 e. The van der Waals surface area contributed by atoms with Crippen molar-refractivity contribution in [2.75, 3.05) is 6.54 Å². The van der Waals surface area contributed by atoms with Gasteiger partial charge in [-0.25, -0.2) is 0 Å². The van der Waals surface area contributed by atoms with E-state index >= 15 is 0 Å². The van der Waals surface area contributed by atoms with E-state index in [1.807, 2.05) is 0 Å². The molecular formula is C26H39N. The number of rotatable bonds is 4. The number of hydrogen-bond donors (Lipinski definition) is 1. The number of piperidine rings is 1. The second-order valence-corrected chi connectivity index (χ2v) is 9.81. The maximum atomic E-state index is 3.98. The van der Waals surface area contributed by atoms with Crippen LogP contribution in [0, 0.1) is 35.5 Å². The van der Waals surface area contributed by atoms with Crippen LogP contribution >= 0.6 is 0 Å². The van der Waals surface area contributed by atoms with Crippen molar-refractivity contribution in [3.8, 4) is 0 Å². The lowest BCUT2D eigenvalue weighted by molar-refractivity contribution is 0.155. The highest BCUT2D eigenvalue weighted by Gasteiger charge is 2.37. The summed E-state index contributed by atoms with van der Waals surface area (Å²) in [4.78, 5) is 0. The number of nitrogens with one attached hydrogen (secondary N) is 1. The van der Waals surface area contributed by atoms with Crippen LogP contribution in [0.25, 0.3) is 0 Å². The van der Waals surface area contributed by atoms with Gasteiger partial charge < -0.3 is 5.32 Å². The Morgan fingerprint density at radius 1 is 0.926 bits per heavy atom. The third-order valence-corrected chi connectivity index (χ3v) is 7.73. The van der Waals surface area contributed by atoms with Crippen molar-refractivity contribution >= 4 is 0 Å². The Labute approximate surface area is 167 Å². The second-order valence-electron chi connectivity index (χ2n) is 9.81. The smallest absolute Gasteiger partial charge is 0.0159 e. The summed E-state index contributed by atoms with van der Waals surface area (Å²) in [6, 6.07) is 0.641. The normalized spacial score (nSPS) is 39.6. The molecule has 6 atom stereocenters. The zero-order valence-electron chi connectivity index (χ0n) is 17.4. The summed E-state index contributed by atoms with van der Waals surface area (Å²) in [6.45, 7) is 6.03. The lowest BCUT2D eigenvalue weighted by Gasteiger charge is -2.43. The summed E-state index contributed by atoms with van der Waals surface area (Å²) in [7, 11) is 0. The van der Waals surface area contributed by atoms with Crippen molar-refractivity contribution < 1.29 is 0 Å². The molecule has 1 N–H and O–H groups in total. The highest BCUT2D eigenvalue weighted by Crippen LogP contribution is 2.40. The summed E-state index contributed by atoms with van der Waals surface area (Å²) in [5, 5.41) is 3.98. The van der Waals surface area contributed by atoms with Crippen molar-refractivity contribution in [1.29, 1.82) is 0 Å². The summed E-state index contributed by atoms with van der Waals surface area (Å²) >= 11 is 0. The second kappa shape index (κ2) is 8.95. The van der Waals surface area contributed by atoms with Crippen LogP contribution in [-0.4, -0.2) is 12.6 Å². The van der Waals surface area contributed by atoms with Crippen molar-refractivity contribution in [2.24, 2.45) is 35.5 Å². The third-order valence-electron chi connectivity index (χ3n) is 7.73. The van der Waals surface area contributed by atoms with E-state index in [2.05, 4.69) is 61.7 Å². The Balaban J connectivity index is 1.44. The van der Waals surface area contributed by atoms with Crippen LogP contribution in [0.1, 0.15) is 65.2 Å². The molecule has 0 aromatic rings. The van der Waals surface area contributed by atoms with Gasteiger partial charge in [-0.1, -0.05) is 56.4 Å². The van der Waals surface area contributed by atoms with E-state index in [1.54, 1.807) is 5.57 Å². The Morgan fingerprint density at radius 2 is 1.85 bits per heavy atom. The molecule has 0 bridgehead atoms. The fraction of sp³-hybridized carbons (Fsp3) is 0.692. The van der Waals surface area contributed by atoms with Crippen LogP contribution in [0.3, 0.4) is 0 Å². The maximum Gasteiger partial charge on any atom is 0.0159 e. The van der Waals surface area contributed by atoms with Gasteiger partial charge in [0, 0.05) is 6.04 Å². The summed E-state index contributed by atoms with van der Waals surface area (Å²) in [6.07, 6.45) is 28.1. The molecule has 0 spiro atoms. The van der Waals surface area contributed by atoms with Crippen molar-refractivity contribution in [1.82, 2.24) is 5.32 Å². The molecule has 4 rings (SSSR count). The van der Waals surface area contributed by atoms with Gasteiger partial charge in [-0.15, -0.1) is 0 Å². The van der Waals surface area contributed by atoms with Gasteiger partial charge in [0.1, 0.15) is 0 Å². The first-order valence-corrected chi connectivity index (χ1v) is 11.7. The minimum Gasteiger partial charge on any atom is -0.313 e. The van der Waals surface area contributed by atoms with Crippen LogP contribution in [-0.2, 0) is 0 Å². The van der Waals surface area contributed by atoms with E-state index < -0.39 is 0 Å². The molecule has 1 aliphatic heterocycles. The molecule has 0 aromatic carbocycles. The van der Waals surface area contributed by atoms with Gasteiger partial charge in [0.15, 0.2) is 0 Å². The topological polar surface area (TPSA) is 12.0 Å². The first kappa shape index (κ1) is 19.2. The molecule has 1 heterocycles. The molecule has 1 nitrogen and oxygen atoms in total. The Hall–Kier alpha value is -1.08. The summed E-state index contributed by atoms with van der Waals surface area (Å²) in [5.74, 6) is 4.66.